The molecule has 3 fully saturated rings. The maximum atomic E-state index is 13.7. The van der Waals surface area contributed by atoms with E-state index in [-0.39, 0.29) is 11.1 Å². The summed E-state index contributed by atoms with van der Waals surface area (Å²) in [5, 5.41) is 124. The van der Waals surface area contributed by atoms with Gasteiger partial charge in [-0.15, -0.1) is 0 Å². The molecular formula is C33H40O20. The third kappa shape index (κ3) is 7.34. The zero-order chi connectivity index (χ0) is 38.6. The molecule has 15 atom stereocenters. The van der Waals surface area contributed by atoms with Crippen molar-refractivity contribution in [1.29, 1.82) is 0 Å². The van der Waals surface area contributed by atoms with E-state index >= 15 is 0 Å². The monoisotopic (exact) mass is 756 g/mol. The molecule has 1 aromatic heterocycles. The van der Waals surface area contributed by atoms with Gasteiger partial charge >= 0.3 is 0 Å². The second-order valence-corrected chi connectivity index (χ2v) is 13.1. The van der Waals surface area contributed by atoms with Gasteiger partial charge in [-0.2, -0.15) is 0 Å². The summed E-state index contributed by atoms with van der Waals surface area (Å²) in [6.45, 7) is 2.16. The average Bonchev–Trinajstić information content (AvgIpc) is 3.11. The minimum Gasteiger partial charge on any atom is -0.508 e. The summed E-state index contributed by atoms with van der Waals surface area (Å²) in [6, 6.07) is 5.16. The van der Waals surface area contributed by atoms with Gasteiger partial charge in [0.15, 0.2) is 29.8 Å². The highest BCUT2D eigenvalue weighted by Gasteiger charge is 2.51. The van der Waals surface area contributed by atoms with Gasteiger partial charge < -0.3 is 94.1 Å². The van der Waals surface area contributed by atoms with Gasteiger partial charge in [-0.3, -0.25) is 4.79 Å². The largest absolute Gasteiger partial charge is 0.508 e. The van der Waals surface area contributed by atoms with Crippen molar-refractivity contribution in [3.05, 3.63) is 40.6 Å². The van der Waals surface area contributed by atoms with Gasteiger partial charge in [0.25, 0.3) is 0 Å². The van der Waals surface area contributed by atoms with E-state index in [4.69, 9.17) is 32.8 Å². The van der Waals surface area contributed by atoms with Crippen LogP contribution in [0.3, 0.4) is 0 Å². The maximum absolute atomic E-state index is 13.7. The summed E-state index contributed by atoms with van der Waals surface area (Å²) in [5.74, 6) is -3.50. The number of phenols is 4. The summed E-state index contributed by atoms with van der Waals surface area (Å²) in [6.07, 6.45) is -24.2. The Bertz CT molecular complexity index is 1830. The SMILES string of the molecule is C[C@H]1O[C@@H](O[C@@H]2[C@@H](O)[C@@H](O)[C@H](OC[C@H]3O[C@@H](Oc4c(-c5ccc(O)c(O)c5)oc5cc(O)cc(O)c5c4=O)[C@H](O)[C@H](O)[C@@H]3O)O[C@@H]2C)[C@H](O)[C@H](O)[C@@H]1O. The van der Waals surface area contributed by atoms with Crippen molar-refractivity contribution >= 4 is 11.0 Å². The predicted octanol–water partition coefficient (Wildman–Crippen LogP) is -2.84. The van der Waals surface area contributed by atoms with Crippen LogP contribution >= 0.6 is 0 Å². The molecule has 53 heavy (non-hydrogen) atoms. The Morgan fingerprint density at radius 3 is 1.98 bits per heavy atom. The Balaban J connectivity index is 1.20. The van der Waals surface area contributed by atoms with E-state index in [0.29, 0.717) is 0 Å². The smallest absolute Gasteiger partial charge is 0.239 e. The maximum Gasteiger partial charge on any atom is 0.239 e. The van der Waals surface area contributed by atoms with Gasteiger partial charge in [-0.05, 0) is 32.0 Å². The molecular weight excluding hydrogens is 716 g/mol. The van der Waals surface area contributed by atoms with E-state index in [0.717, 1.165) is 24.3 Å². The van der Waals surface area contributed by atoms with Crippen LogP contribution in [-0.2, 0) is 23.7 Å². The standard InChI is InChI=1S/C33H40O20/c1-9-19(38)22(41)25(44)32(48-9)52-28-10(2)49-31(27(46)24(28)43)47-8-17-20(39)23(42)26(45)33(51-17)53-30-21(40)18-15(37)6-12(34)7-16(18)50-29(30)11-3-4-13(35)14(36)5-11/h3-7,9-10,17,19-20,22-28,31-39,41-46H,8H2,1-2H3/t9-,10-,17-,19-,20-,22-,23-,24+,25-,26-,27-,28+,31-,32+,33+/m1/s1. The lowest BCUT2D eigenvalue weighted by molar-refractivity contribution is -0.357. The van der Waals surface area contributed by atoms with Crippen LogP contribution in [-0.4, -0.2) is 160 Å². The van der Waals surface area contributed by atoms with Crippen molar-refractivity contribution < 1.29 is 94.1 Å². The normalized spacial score (nSPS) is 37.8. The van der Waals surface area contributed by atoms with Crippen LogP contribution < -0.4 is 10.2 Å². The minimum absolute atomic E-state index is 0.0610. The number of aliphatic hydroxyl groups excluding tert-OH is 8. The average molecular weight is 757 g/mol. The van der Waals surface area contributed by atoms with Crippen LogP contribution in [0.1, 0.15) is 13.8 Å². The quantitative estimate of drug-likeness (QED) is 0.103. The molecule has 0 bridgehead atoms. The minimum atomic E-state index is -2.03. The molecule has 3 aliphatic rings. The van der Waals surface area contributed by atoms with Gasteiger partial charge in [0.1, 0.15) is 83.5 Å². The van der Waals surface area contributed by atoms with Crippen LogP contribution in [0.5, 0.6) is 28.7 Å². The molecule has 4 heterocycles. The van der Waals surface area contributed by atoms with E-state index in [1.54, 1.807) is 0 Å². The van der Waals surface area contributed by atoms with Gasteiger partial charge in [0, 0.05) is 17.7 Å². The molecule has 12 N–H and O–H groups in total. The molecule has 292 valence electrons. The fourth-order valence-electron chi connectivity index (χ4n) is 6.30. The van der Waals surface area contributed by atoms with E-state index in [2.05, 4.69) is 0 Å². The molecule has 0 spiro atoms. The molecule has 0 radical (unpaired) electrons. The van der Waals surface area contributed by atoms with Gasteiger partial charge in [-0.1, -0.05) is 0 Å². The third-order valence-corrected chi connectivity index (χ3v) is 9.36. The number of aliphatic hydroxyl groups is 8. The predicted molar refractivity (Wildman–Crippen MR) is 171 cm³/mol. The van der Waals surface area contributed by atoms with Crippen molar-refractivity contribution in [2.24, 2.45) is 0 Å². The van der Waals surface area contributed by atoms with Gasteiger partial charge in [0.2, 0.25) is 17.5 Å². The third-order valence-electron chi connectivity index (χ3n) is 9.36. The molecule has 0 aliphatic carbocycles. The summed E-state index contributed by atoms with van der Waals surface area (Å²) < 4.78 is 39.5. The van der Waals surface area contributed by atoms with Crippen LogP contribution in [0.2, 0.25) is 0 Å². The van der Waals surface area contributed by atoms with Gasteiger partial charge in [0.05, 0.1) is 18.8 Å². The second-order valence-electron chi connectivity index (χ2n) is 13.1. The Morgan fingerprint density at radius 1 is 0.642 bits per heavy atom. The molecule has 0 saturated carbocycles. The van der Waals surface area contributed by atoms with Crippen molar-refractivity contribution in [1.82, 2.24) is 0 Å². The first-order chi connectivity index (χ1) is 25.0. The lowest BCUT2D eigenvalue weighted by Gasteiger charge is -2.46. The van der Waals surface area contributed by atoms with Crippen LogP contribution in [0.15, 0.2) is 39.5 Å². The van der Waals surface area contributed by atoms with Crippen LogP contribution in [0.4, 0.5) is 0 Å². The first kappa shape index (κ1) is 38.8. The number of aromatic hydroxyl groups is 4. The number of benzene rings is 2. The van der Waals surface area contributed by atoms with E-state index in [9.17, 15) is 66.1 Å². The molecule has 6 rings (SSSR count). The fraction of sp³-hybridized carbons (Fsp3) is 0.545. The van der Waals surface area contributed by atoms with Crippen molar-refractivity contribution in [3.8, 4) is 40.1 Å². The van der Waals surface area contributed by atoms with Gasteiger partial charge in [-0.25, -0.2) is 0 Å². The number of rotatable bonds is 8. The van der Waals surface area contributed by atoms with Crippen molar-refractivity contribution in [2.45, 2.75) is 106 Å². The molecule has 3 aromatic rings. The molecule has 0 amide bonds. The Hall–Kier alpha value is -3.87. The lowest BCUT2D eigenvalue weighted by atomic mass is 9.97. The highest BCUT2D eigenvalue weighted by Crippen LogP contribution is 2.40. The highest BCUT2D eigenvalue weighted by molar-refractivity contribution is 5.88. The number of phenolic OH excluding ortho intramolecular Hbond substituents is 4. The van der Waals surface area contributed by atoms with Crippen molar-refractivity contribution in [3.63, 3.8) is 0 Å². The molecule has 20 nitrogen and oxygen atoms in total. The first-order valence-corrected chi connectivity index (χ1v) is 16.4. The summed E-state index contributed by atoms with van der Waals surface area (Å²) in [5.41, 5.74) is -1.44. The van der Waals surface area contributed by atoms with Crippen LogP contribution in [0, 0.1) is 0 Å². The molecule has 20 heteroatoms. The number of hydrogen-bond donors (Lipinski definition) is 12. The highest BCUT2D eigenvalue weighted by atomic mass is 16.7. The molecule has 3 aliphatic heterocycles. The first-order valence-electron chi connectivity index (χ1n) is 16.4. The van der Waals surface area contributed by atoms with E-state index in [1.165, 1.54) is 19.9 Å². The zero-order valence-electron chi connectivity index (χ0n) is 27.9. The topological polar surface area (TPSA) is 328 Å². The van der Waals surface area contributed by atoms with E-state index in [1.807, 2.05) is 0 Å². The second kappa shape index (κ2) is 15.1. The Kier molecular flexibility index (Phi) is 11.1. The Morgan fingerprint density at radius 2 is 1.28 bits per heavy atom. The Labute approximate surface area is 298 Å². The summed E-state index contributed by atoms with van der Waals surface area (Å²) in [4.78, 5) is 13.7. The number of fused-ring (bicyclic) bond motifs is 1. The van der Waals surface area contributed by atoms with Crippen molar-refractivity contribution in [2.75, 3.05) is 6.61 Å². The van der Waals surface area contributed by atoms with E-state index < -0.39 is 144 Å². The molecule has 0 unspecified atom stereocenters. The summed E-state index contributed by atoms with van der Waals surface area (Å²) >= 11 is 0. The number of ether oxygens (including phenoxy) is 6. The number of hydrogen-bond acceptors (Lipinski definition) is 20. The molecule has 3 saturated heterocycles. The van der Waals surface area contributed by atoms with Crippen LogP contribution in [0.25, 0.3) is 22.3 Å². The zero-order valence-corrected chi connectivity index (χ0v) is 27.9. The lowest BCUT2D eigenvalue weighted by Crippen LogP contribution is -2.63. The summed E-state index contributed by atoms with van der Waals surface area (Å²) in [7, 11) is 0. The fourth-order valence-corrected chi connectivity index (χ4v) is 6.30. The molecule has 2 aromatic carbocycles.